The van der Waals surface area contributed by atoms with Gasteiger partial charge in [0, 0.05) is 39.4 Å². The highest BCUT2D eigenvalue weighted by atomic mass is 35.5. The second kappa shape index (κ2) is 7.72. The Balaban J connectivity index is 1.48. The minimum Gasteiger partial charge on any atom is -0.352 e. The SMILES string of the molecule is O=C(Cc1csc2nc(-c3ccc(Cl)cc3)cn12)NCc1ccccc1Cl. The molecule has 136 valence electrons. The molecule has 0 aliphatic carbocycles. The fourth-order valence-corrected chi connectivity index (χ4v) is 3.98. The first-order chi connectivity index (χ1) is 13.1. The highest BCUT2D eigenvalue weighted by Gasteiger charge is 2.13. The van der Waals surface area contributed by atoms with Gasteiger partial charge in [0.15, 0.2) is 4.96 Å². The summed E-state index contributed by atoms with van der Waals surface area (Å²) < 4.78 is 1.96. The van der Waals surface area contributed by atoms with Crippen molar-refractivity contribution >= 4 is 45.4 Å². The number of aromatic nitrogens is 2. The molecule has 0 aliphatic heterocycles. The van der Waals surface area contributed by atoms with Crippen LogP contribution in [0.4, 0.5) is 0 Å². The standard InChI is InChI=1S/C20H15Cl2N3OS/c21-15-7-5-13(6-8-15)18-11-25-16(12-27-20(25)24-18)9-19(26)23-10-14-3-1-2-4-17(14)22/h1-8,11-12H,9-10H2,(H,23,26). The molecule has 0 bridgehead atoms. The second-order valence-electron chi connectivity index (χ2n) is 6.06. The van der Waals surface area contributed by atoms with E-state index in [1.165, 1.54) is 11.3 Å². The van der Waals surface area contributed by atoms with E-state index in [1.807, 2.05) is 64.5 Å². The van der Waals surface area contributed by atoms with E-state index in [4.69, 9.17) is 23.2 Å². The molecule has 4 nitrogen and oxygen atoms in total. The lowest BCUT2D eigenvalue weighted by atomic mass is 10.2. The predicted molar refractivity (Wildman–Crippen MR) is 111 cm³/mol. The molecular formula is C20H15Cl2N3OS. The van der Waals surface area contributed by atoms with E-state index >= 15 is 0 Å². The van der Waals surface area contributed by atoms with Gasteiger partial charge in [0.05, 0.1) is 12.1 Å². The lowest BCUT2D eigenvalue weighted by molar-refractivity contribution is -0.120. The van der Waals surface area contributed by atoms with Crippen molar-refractivity contribution in [3.05, 3.63) is 81.4 Å². The van der Waals surface area contributed by atoms with E-state index in [1.54, 1.807) is 0 Å². The van der Waals surface area contributed by atoms with Gasteiger partial charge in [0.25, 0.3) is 0 Å². The van der Waals surface area contributed by atoms with Crippen molar-refractivity contribution < 1.29 is 4.79 Å². The molecule has 2 aromatic carbocycles. The van der Waals surface area contributed by atoms with Crippen LogP contribution in [0.15, 0.2) is 60.1 Å². The molecule has 4 aromatic rings. The first kappa shape index (κ1) is 18.0. The Morgan fingerprint density at radius 2 is 1.89 bits per heavy atom. The summed E-state index contributed by atoms with van der Waals surface area (Å²) in [5.74, 6) is -0.0589. The summed E-state index contributed by atoms with van der Waals surface area (Å²) in [5.41, 5.74) is 3.65. The number of carbonyl (C=O) groups is 1. The first-order valence-corrected chi connectivity index (χ1v) is 9.95. The molecule has 1 N–H and O–H groups in total. The summed E-state index contributed by atoms with van der Waals surface area (Å²) in [4.78, 5) is 17.8. The highest BCUT2D eigenvalue weighted by Crippen LogP contribution is 2.25. The van der Waals surface area contributed by atoms with Crippen LogP contribution < -0.4 is 5.32 Å². The van der Waals surface area contributed by atoms with Crippen LogP contribution in [-0.4, -0.2) is 15.3 Å². The summed E-state index contributed by atoms with van der Waals surface area (Å²) in [5, 5.41) is 6.22. The zero-order valence-corrected chi connectivity index (χ0v) is 16.5. The zero-order chi connectivity index (χ0) is 18.8. The van der Waals surface area contributed by atoms with Crippen LogP contribution in [0.25, 0.3) is 16.2 Å². The van der Waals surface area contributed by atoms with Crippen molar-refractivity contribution in [1.29, 1.82) is 0 Å². The van der Waals surface area contributed by atoms with Crippen LogP contribution in [0.1, 0.15) is 11.3 Å². The number of carbonyl (C=O) groups excluding carboxylic acids is 1. The van der Waals surface area contributed by atoms with Crippen molar-refractivity contribution in [3.8, 4) is 11.3 Å². The predicted octanol–water partition coefficient (Wildman–Crippen LogP) is 5.23. The van der Waals surface area contributed by atoms with Crippen molar-refractivity contribution in [1.82, 2.24) is 14.7 Å². The third kappa shape index (κ3) is 4.00. The van der Waals surface area contributed by atoms with Crippen molar-refractivity contribution in [3.63, 3.8) is 0 Å². The number of halogens is 2. The lowest BCUT2D eigenvalue weighted by Crippen LogP contribution is -2.25. The van der Waals surface area contributed by atoms with Gasteiger partial charge in [-0.1, -0.05) is 53.5 Å². The number of nitrogens with zero attached hydrogens (tertiary/aromatic N) is 2. The molecule has 27 heavy (non-hydrogen) atoms. The van der Waals surface area contributed by atoms with Crippen LogP contribution in [0.3, 0.4) is 0 Å². The summed E-state index contributed by atoms with van der Waals surface area (Å²) in [7, 11) is 0. The van der Waals surface area contributed by atoms with E-state index < -0.39 is 0 Å². The van der Waals surface area contributed by atoms with Crippen LogP contribution in [-0.2, 0) is 17.8 Å². The van der Waals surface area contributed by atoms with Gasteiger partial charge in [0.2, 0.25) is 5.91 Å². The van der Waals surface area contributed by atoms with Gasteiger partial charge in [-0.05, 0) is 23.8 Å². The molecule has 2 heterocycles. The molecule has 0 spiro atoms. The molecule has 0 saturated carbocycles. The summed E-state index contributed by atoms with van der Waals surface area (Å²) in [6.45, 7) is 0.408. The highest BCUT2D eigenvalue weighted by molar-refractivity contribution is 7.15. The fraction of sp³-hybridized carbons (Fsp3) is 0.100. The van der Waals surface area contributed by atoms with E-state index in [0.717, 1.165) is 27.5 Å². The number of rotatable bonds is 5. The molecular weight excluding hydrogens is 401 g/mol. The summed E-state index contributed by atoms with van der Waals surface area (Å²) in [6, 6.07) is 15.0. The van der Waals surface area contributed by atoms with Crippen LogP contribution in [0.2, 0.25) is 10.0 Å². The third-order valence-electron chi connectivity index (χ3n) is 4.20. The van der Waals surface area contributed by atoms with Crippen LogP contribution in [0.5, 0.6) is 0 Å². The largest absolute Gasteiger partial charge is 0.352 e. The Morgan fingerprint density at radius 3 is 2.67 bits per heavy atom. The van der Waals surface area contributed by atoms with Crippen molar-refractivity contribution in [2.75, 3.05) is 0 Å². The zero-order valence-electron chi connectivity index (χ0n) is 14.2. The van der Waals surface area contributed by atoms with Crippen molar-refractivity contribution in [2.24, 2.45) is 0 Å². The van der Waals surface area contributed by atoms with Crippen LogP contribution >= 0.6 is 34.5 Å². The summed E-state index contributed by atoms with van der Waals surface area (Å²) in [6.07, 6.45) is 2.23. The average Bonchev–Trinajstić information content (AvgIpc) is 3.24. The van der Waals surface area contributed by atoms with E-state index in [9.17, 15) is 4.79 Å². The van der Waals surface area contributed by atoms with Gasteiger partial charge in [-0.25, -0.2) is 4.98 Å². The van der Waals surface area contributed by atoms with Crippen LogP contribution in [0, 0.1) is 0 Å². The number of nitrogens with one attached hydrogen (secondary N) is 1. The van der Waals surface area contributed by atoms with E-state index in [2.05, 4.69) is 10.3 Å². The number of thiazole rings is 1. The normalized spacial score (nSPS) is 11.0. The number of benzene rings is 2. The van der Waals surface area contributed by atoms with Crippen molar-refractivity contribution in [2.45, 2.75) is 13.0 Å². The molecule has 0 aliphatic rings. The Kier molecular flexibility index (Phi) is 5.16. The molecule has 0 saturated heterocycles. The van der Waals surface area contributed by atoms with Gasteiger partial charge in [-0.3, -0.25) is 9.20 Å². The maximum absolute atomic E-state index is 12.4. The Morgan fingerprint density at radius 1 is 1.11 bits per heavy atom. The Hall–Kier alpha value is -2.34. The fourth-order valence-electron chi connectivity index (χ4n) is 2.78. The Bertz CT molecular complexity index is 1100. The molecule has 0 fully saturated rings. The van der Waals surface area contributed by atoms with E-state index in [0.29, 0.717) is 16.6 Å². The van der Waals surface area contributed by atoms with E-state index in [-0.39, 0.29) is 12.3 Å². The average molecular weight is 416 g/mol. The molecule has 0 atom stereocenters. The monoisotopic (exact) mass is 415 g/mol. The molecule has 0 radical (unpaired) electrons. The smallest absolute Gasteiger partial charge is 0.226 e. The topological polar surface area (TPSA) is 46.4 Å². The molecule has 1 amide bonds. The van der Waals surface area contributed by atoms with Gasteiger partial charge in [-0.2, -0.15) is 0 Å². The van der Waals surface area contributed by atoms with Gasteiger partial charge in [-0.15, -0.1) is 11.3 Å². The third-order valence-corrected chi connectivity index (χ3v) is 5.71. The second-order valence-corrected chi connectivity index (χ2v) is 7.74. The minimum absolute atomic E-state index is 0.0589. The number of hydrogen-bond donors (Lipinski definition) is 1. The lowest BCUT2D eigenvalue weighted by Gasteiger charge is -2.06. The Labute approximate surface area is 170 Å². The van der Waals surface area contributed by atoms with Gasteiger partial charge >= 0.3 is 0 Å². The maximum atomic E-state index is 12.4. The number of imidazole rings is 1. The van der Waals surface area contributed by atoms with Gasteiger partial charge in [0.1, 0.15) is 0 Å². The summed E-state index contributed by atoms with van der Waals surface area (Å²) >= 11 is 13.6. The van der Waals surface area contributed by atoms with Gasteiger partial charge < -0.3 is 5.32 Å². The number of amides is 1. The number of hydrogen-bond acceptors (Lipinski definition) is 3. The molecule has 2 aromatic heterocycles. The maximum Gasteiger partial charge on any atom is 0.226 e. The quantitative estimate of drug-likeness (QED) is 0.484. The molecule has 0 unspecified atom stereocenters. The first-order valence-electron chi connectivity index (χ1n) is 8.31. The molecule has 7 heteroatoms. The number of fused-ring (bicyclic) bond motifs is 1. The molecule has 4 rings (SSSR count). The minimum atomic E-state index is -0.0589.